The lowest BCUT2D eigenvalue weighted by molar-refractivity contribution is 0.0524. The van der Waals surface area contributed by atoms with E-state index in [1.165, 1.54) is 6.20 Å². The molecule has 0 bridgehead atoms. The van der Waals surface area contributed by atoms with Gasteiger partial charge in [0, 0.05) is 6.20 Å². The van der Waals surface area contributed by atoms with Crippen LogP contribution < -0.4 is 0 Å². The summed E-state index contributed by atoms with van der Waals surface area (Å²) in [6, 6.07) is 1.55. The van der Waals surface area contributed by atoms with E-state index in [0.717, 1.165) is 0 Å². The number of pyridine rings is 1. The summed E-state index contributed by atoms with van der Waals surface area (Å²) < 4.78 is 5.24. The lowest BCUT2D eigenvalue weighted by Crippen LogP contribution is -2.07. The van der Waals surface area contributed by atoms with Crippen LogP contribution in [0.15, 0.2) is 16.9 Å². The predicted octanol–water partition coefficient (Wildman–Crippen LogP) is 1.51. The smallest absolute Gasteiger partial charge is 0.340 e. The summed E-state index contributed by atoms with van der Waals surface area (Å²) in [5.74, 6) is -0.442. The first-order valence-electron chi connectivity index (χ1n) is 4.11. The summed E-state index contributed by atoms with van der Waals surface area (Å²) in [7, 11) is 0. The first-order valence-corrected chi connectivity index (χ1v) is 4.90. The normalized spacial score (nSPS) is 9.93. The van der Waals surface area contributed by atoms with Crippen molar-refractivity contribution in [2.24, 2.45) is 0 Å². The Bertz CT molecular complexity index is 341. The average molecular weight is 260 g/mol. The van der Waals surface area contributed by atoms with Crippen LogP contribution in [0.1, 0.15) is 22.8 Å². The maximum atomic E-state index is 11.4. The average Bonchev–Trinajstić information content (AvgIpc) is 2.19. The molecule has 0 aliphatic carbocycles. The fraction of sp³-hybridized carbons (Fsp3) is 0.333. The first kappa shape index (κ1) is 11.1. The second-order valence-electron chi connectivity index (χ2n) is 2.56. The zero-order valence-electron chi connectivity index (χ0n) is 7.66. The van der Waals surface area contributed by atoms with Crippen molar-refractivity contribution in [2.45, 2.75) is 13.5 Å². The molecule has 76 valence electrons. The van der Waals surface area contributed by atoms with E-state index in [1.807, 2.05) is 0 Å². The molecule has 0 aliphatic heterocycles. The highest BCUT2D eigenvalue weighted by molar-refractivity contribution is 9.10. The van der Waals surface area contributed by atoms with Gasteiger partial charge in [0.15, 0.2) is 0 Å². The maximum Gasteiger partial charge on any atom is 0.340 e. The van der Waals surface area contributed by atoms with Crippen LogP contribution in [-0.4, -0.2) is 22.7 Å². The van der Waals surface area contributed by atoms with Gasteiger partial charge in [-0.1, -0.05) is 0 Å². The Hall–Kier alpha value is -0.940. The molecular weight excluding hydrogens is 250 g/mol. The number of carbonyl (C=O) groups is 1. The fourth-order valence-electron chi connectivity index (χ4n) is 0.930. The molecule has 0 spiro atoms. The van der Waals surface area contributed by atoms with Crippen molar-refractivity contribution < 1.29 is 14.6 Å². The summed E-state index contributed by atoms with van der Waals surface area (Å²) in [5, 5.41) is 8.86. The molecule has 1 N–H and O–H groups in total. The molecular formula is C9H10BrNO3. The Kier molecular flexibility index (Phi) is 4.03. The second kappa shape index (κ2) is 5.07. The molecule has 1 aromatic heterocycles. The minimum Gasteiger partial charge on any atom is -0.462 e. The van der Waals surface area contributed by atoms with Crippen LogP contribution in [-0.2, 0) is 11.3 Å². The number of carbonyl (C=O) groups excluding carboxylic acids is 1. The quantitative estimate of drug-likeness (QED) is 0.661. The van der Waals surface area contributed by atoms with E-state index in [4.69, 9.17) is 9.84 Å². The van der Waals surface area contributed by atoms with Gasteiger partial charge in [-0.3, -0.25) is 0 Å². The van der Waals surface area contributed by atoms with Gasteiger partial charge < -0.3 is 9.84 Å². The molecule has 0 atom stereocenters. The van der Waals surface area contributed by atoms with E-state index < -0.39 is 5.97 Å². The van der Waals surface area contributed by atoms with Gasteiger partial charge in [0.1, 0.15) is 4.60 Å². The standard InChI is InChI=1S/C9H10BrNO3/c1-2-14-9(13)7-3-6(5-12)4-11-8(7)10/h3-4,12H,2,5H2,1H3. The van der Waals surface area contributed by atoms with Gasteiger partial charge >= 0.3 is 5.97 Å². The highest BCUT2D eigenvalue weighted by Gasteiger charge is 2.12. The molecule has 0 fully saturated rings. The molecule has 4 nitrogen and oxygen atoms in total. The number of aliphatic hydroxyl groups excluding tert-OH is 1. The lowest BCUT2D eigenvalue weighted by Gasteiger charge is -2.04. The molecule has 0 aliphatic rings. The van der Waals surface area contributed by atoms with Gasteiger partial charge in [-0.2, -0.15) is 0 Å². The lowest BCUT2D eigenvalue weighted by atomic mass is 10.2. The molecule has 0 saturated carbocycles. The summed E-state index contributed by atoms with van der Waals surface area (Å²) in [6.07, 6.45) is 1.49. The van der Waals surface area contributed by atoms with Crippen LogP contribution in [0, 0.1) is 0 Å². The van der Waals surface area contributed by atoms with E-state index in [9.17, 15) is 4.79 Å². The van der Waals surface area contributed by atoms with Crippen molar-refractivity contribution in [3.8, 4) is 0 Å². The van der Waals surface area contributed by atoms with E-state index >= 15 is 0 Å². The number of esters is 1. The molecule has 5 heteroatoms. The number of nitrogens with zero attached hydrogens (tertiary/aromatic N) is 1. The third kappa shape index (κ3) is 2.52. The Morgan fingerprint density at radius 3 is 3.00 bits per heavy atom. The van der Waals surface area contributed by atoms with Crippen molar-refractivity contribution in [2.75, 3.05) is 6.61 Å². The van der Waals surface area contributed by atoms with E-state index in [0.29, 0.717) is 22.3 Å². The summed E-state index contributed by atoms with van der Waals surface area (Å²) in [4.78, 5) is 15.3. The predicted molar refractivity (Wildman–Crippen MR) is 53.8 cm³/mol. The monoisotopic (exact) mass is 259 g/mol. The van der Waals surface area contributed by atoms with Crippen LogP contribution in [0.4, 0.5) is 0 Å². The SMILES string of the molecule is CCOC(=O)c1cc(CO)cnc1Br. The second-order valence-corrected chi connectivity index (χ2v) is 3.31. The highest BCUT2D eigenvalue weighted by atomic mass is 79.9. The van der Waals surface area contributed by atoms with Gasteiger partial charge in [-0.15, -0.1) is 0 Å². The van der Waals surface area contributed by atoms with Crippen LogP contribution >= 0.6 is 15.9 Å². The molecule has 1 rings (SSSR count). The Labute approximate surface area is 90.0 Å². The molecule has 0 saturated heterocycles. The molecule has 1 aromatic rings. The molecule has 14 heavy (non-hydrogen) atoms. The highest BCUT2D eigenvalue weighted by Crippen LogP contribution is 2.16. The number of rotatable bonds is 3. The van der Waals surface area contributed by atoms with Crippen LogP contribution in [0.2, 0.25) is 0 Å². The molecule has 1 heterocycles. The third-order valence-corrected chi connectivity index (χ3v) is 2.21. The van der Waals surface area contributed by atoms with Crippen molar-refractivity contribution >= 4 is 21.9 Å². The molecule has 0 radical (unpaired) electrons. The zero-order valence-corrected chi connectivity index (χ0v) is 9.24. The minimum absolute atomic E-state index is 0.146. The first-order chi connectivity index (χ1) is 6.69. The number of aromatic nitrogens is 1. The summed E-state index contributed by atoms with van der Waals surface area (Å²) in [6.45, 7) is 1.90. The van der Waals surface area contributed by atoms with Crippen LogP contribution in [0.25, 0.3) is 0 Å². The fourth-order valence-corrected chi connectivity index (χ4v) is 1.31. The van der Waals surface area contributed by atoms with Crippen molar-refractivity contribution in [3.05, 3.63) is 28.0 Å². The van der Waals surface area contributed by atoms with E-state index in [-0.39, 0.29) is 6.61 Å². The molecule has 0 unspecified atom stereocenters. The Morgan fingerprint density at radius 1 is 1.71 bits per heavy atom. The summed E-state index contributed by atoms with van der Waals surface area (Å²) >= 11 is 3.14. The topological polar surface area (TPSA) is 59.4 Å². The number of aliphatic hydroxyl groups is 1. The van der Waals surface area contributed by atoms with Gasteiger partial charge in [0.25, 0.3) is 0 Å². The van der Waals surface area contributed by atoms with Gasteiger partial charge in [0.05, 0.1) is 18.8 Å². The van der Waals surface area contributed by atoms with Gasteiger partial charge in [-0.25, -0.2) is 9.78 Å². The summed E-state index contributed by atoms with van der Waals surface area (Å²) in [5.41, 5.74) is 0.912. The molecule has 0 aromatic carbocycles. The number of halogens is 1. The van der Waals surface area contributed by atoms with Gasteiger partial charge in [0.2, 0.25) is 0 Å². The van der Waals surface area contributed by atoms with E-state index in [2.05, 4.69) is 20.9 Å². The van der Waals surface area contributed by atoms with E-state index in [1.54, 1.807) is 13.0 Å². The Morgan fingerprint density at radius 2 is 2.43 bits per heavy atom. The van der Waals surface area contributed by atoms with Crippen molar-refractivity contribution in [3.63, 3.8) is 0 Å². The van der Waals surface area contributed by atoms with Crippen molar-refractivity contribution in [1.29, 1.82) is 0 Å². The van der Waals surface area contributed by atoms with Crippen molar-refractivity contribution in [1.82, 2.24) is 4.98 Å². The molecule has 0 amide bonds. The van der Waals surface area contributed by atoms with Crippen LogP contribution in [0.5, 0.6) is 0 Å². The number of hydrogen-bond donors (Lipinski definition) is 1. The number of ether oxygens (including phenoxy) is 1. The number of hydrogen-bond acceptors (Lipinski definition) is 4. The van der Waals surface area contributed by atoms with Gasteiger partial charge in [-0.05, 0) is 34.5 Å². The van der Waals surface area contributed by atoms with Crippen LogP contribution in [0.3, 0.4) is 0 Å². The minimum atomic E-state index is -0.442. The largest absolute Gasteiger partial charge is 0.462 e. The maximum absolute atomic E-state index is 11.4. The Balaban J connectivity index is 2.99. The third-order valence-electron chi connectivity index (χ3n) is 1.57. The zero-order chi connectivity index (χ0) is 10.6.